The molecule has 0 radical (unpaired) electrons. The van der Waals surface area contributed by atoms with Gasteiger partial charge in [0, 0.05) is 37.7 Å². The number of rotatable bonds is 8. The Morgan fingerprint density at radius 1 is 0.946 bits per heavy atom. The number of carbonyl (C=O) groups is 2. The summed E-state index contributed by atoms with van der Waals surface area (Å²) in [5.74, 6) is 0.478. The van der Waals surface area contributed by atoms with E-state index in [1.165, 1.54) is 0 Å². The maximum Gasteiger partial charge on any atom is 0.254 e. The Kier molecular flexibility index (Phi) is 7.51. The molecular formula is C30H35N5O2. The maximum atomic E-state index is 13.3. The molecule has 5 rings (SSSR count). The Morgan fingerprint density at radius 3 is 2.43 bits per heavy atom. The van der Waals surface area contributed by atoms with Crippen molar-refractivity contribution in [2.45, 2.75) is 33.2 Å². The molecule has 1 aliphatic rings. The van der Waals surface area contributed by atoms with Crippen LogP contribution in [0.2, 0.25) is 0 Å². The standard InChI is InChI=1S/C30H35N5O2/c1-3-33(4-2)20-21-35-27-15-8-7-14-26(27)31-30(35)32-28(36)23-16-18-34(19-17-23)29(37)25-13-9-11-22-10-5-6-12-24(22)25/h5-15,23H,3-4,16-21H2,1-2H3,(H,31,32,36). The molecule has 0 bridgehead atoms. The van der Waals surface area contributed by atoms with Crippen molar-refractivity contribution in [1.29, 1.82) is 0 Å². The van der Waals surface area contributed by atoms with Crippen molar-refractivity contribution in [3.8, 4) is 0 Å². The van der Waals surface area contributed by atoms with E-state index in [9.17, 15) is 9.59 Å². The number of imidazole rings is 1. The number of aromatic nitrogens is 2. The van der Waals surface area contributed by atoms with E-state index in [0.29, 0.717) is 31.9 Å². The van der Waals surface area contributed by atoms with Crippen LogP contribution < -0.4 is 5.32 Å². The number of anilines is 1. The average Bonchev–Trinajstić information content (AvgIpc) is 3.29. The molecule has 1 aliphatic heterocycles. The average molecular weight is 498 g/mol. The van der Waals surface area contributed by atoms with Gasteiger partial charge in [0.2, 0.25) is 11.9 Å². The van der Waals surface area contributed by atoms with Gasteiger partial charge in [-0.25, -0.2) is 4.98 Å². The smallest absolute Gasteiger partial charge is 0.254 e. The van der Waals surface area contributed by atoms with E-state index in [1.54, 1.807) is 0 Å². The number of amides is 2. The van der Waals surface area contributed by atoms with E-state index in [0.717, 1.165) is 53.5 Å². The fourth-order valence-corrected chi connectivity index (χ4v) is 5.32. The van der Waals surface area contributed by atoms with Gasteiger partial charge in [-0.05, 0) is 54.9 Å². The zero-order valence-electron chi connectivity index (χ0n) is 21.7. The summed E-state index contributed by atoms with van der Waals surface area (Å²) in [6.45, 7) is 9.09. The minimum Gasteiger partial charge on any atom is -0.339 e. The van der Waals surface area contributed by atoms with Crippen LogP contribution in [0.15, 0.2) is 66.7 Å². The summed E-state index contributed by atoms with van der Waals surface area (Å²) in [4.78, 5) is 35.6. The Balaban J connectivity index is 1.26. The molecule has 7 heteroatoms. The lowest BCUT2D eigenvalue weighted by Gasteiger charge is -2.31. The van der Waals surface area contributed by atoms with Crippen LogP contribution in [0.1, 0.15) is 37.0 Å². The van der Waals surface area contributed by atoms with Crippen LogP contribution in [0.4, 0.5) is 5.95 Å². The van der Waals surface area contributed by atoms with Gasteiger partial charge in [0.1, 0.15) is 0 Å². The molecule has 3 aromatic carbocycles. The third-order valence-corrected chi connectivity index (χ3v) is 7.60. The second-order valence-corrected chi connectivity index (χ2v) is 9.69. The van der Waals surface area contributed by atoms with Crippen molar-refractivity contribution < 1.29 is 9.59 Å². The molecule has 1 N–H and O–H groups in total. The Labute approximate surface area is 218 Å². The lowest BCUT2D eigenvalue weighted by molar-refractivity contribution is -0.121. The monoisotopic (exact) mass is 497 g/mol. The molecule has 7 nitrogen and oxygen atoms in total. The quantitative estimate of drug-likeness (QED) is 0.371. The van der Waals surface area contributed by atoms with E-state index in [-0.39, 0.29) is 17.7 Å². The number of para-hydroxylation sites is 2. The molecular weight excluding hydrogens is 462 g/mol. The van der Waals surface area contributed by atoms with Gasteiger partial charge in [0.25, 0.3) is 5.91 Å². The first-order chi connectivity index (χ1) is 18.1. The number of fused-ring (bicyclic) bond motifs is 2. The summed E-state index contributed by atoms with van der Waals surface area (Å²) in [5.41, 5.74) is 2.64. The molecule has 192 valence electrons. The zero-order valence-corrected chi connectivity index (χ0v) is 21.7. The van der Waals surface area contributed by atoms with Crippen molar-refractivity contribution >= 4 is 39.6 Å². The second kappa shape index (κ2) is 11.1. The Morgan fingerprint density at radius 2 is 1.65 bits per heavy atom. The van der Waals surface area contributed by atoms with Crippen LogP contribution in [0.5, 0.6) is 0 Å². The van der Waals surface area contributed by atoms with Crippen molar-refractivity contribution in [3.63, 3.8) is 0 Å². The minimum atomic E-state index is -0.146. The lowest BCUT2D eigenvalue weighted by Crippen LogP contribution is -2.41. The van der Waals surface area contributed by atoms with Gasteiger partial charge in [-0.15, -0.1) is 0 Å². The summed E-state index contributed by atoms with van der Waals surface area (Å²) < 4.78 is 2.12. The van der Waals surface area contributed by atoms with Crippen LogP contribution in [0.3, 0.4) is 0 Å². The highest BCUT2D eigenvalue weighted by Crippen LogP contribution is 2.25. The summed E-state index contributed by atoms with van der Waals surface area (Å²) in [7, 11) is 0. The van der Waals surface area contributed by atoms with E-state index >= 15 is 0 Å². The fraction of sp³-hybridized carbons (Fsp3) is 0.367. The summed E-state index contributed by atoms with van der Waals surface area (Å²) in [6.07, 6.45) is 1.28. The summed E-state index contributed by atoms with van der Waals surface area (Å²) >= 11 is 0. The van der Waals surface area contributed by atoms with Gasteiger partial charge in [-0.2, -0.15) is 0 Å². The van der Waals surface area contributed by atoms with Crippen LogP contribution in [0.25, 0.3) is 21.8 Å². The number of benzene rings is 3. The molecule has 0 aliphatic carbocycles. The van der Waals surface area contributed by atoms with Crippen molar-refractivity contribution in [1.82, 2.24) is 19.4 Å². The number of nitrogens with one attached hydrogen (secondary N) is 1. The van der Waals surface area contributed by atoms with Gasteiger partial charge < -0.3 is 14.4 Å². The van der Waals surface area contributed by atoms with Crippen molar-refractivity contribution in [3.05, 3.63) is 72.3 Å². The number of piperidine rings is 1. The largest absolute Gasteiger partial charge is 0.339 e. The highest BCUT2D eigenvalue weighted by atomic mass is 16.2. The maximum absolute atomic E-state index is 13.3. The van der Waals surface area contributed by atoms with E-state index in [2.05, 4.69) is 34.7 Å². The lowest BCUT2D eigenvalue weighted by atomic mass is 9.95. The first-order valence-corrected chi connectivity index (χ1v) is 13.3. The van der Waals surface area contributed by atoms with Gasteiger partial charge >= 0.3 is 0 Å². The molecule has 2 heterocycles. The van der Waals surface area contributed by atoms with Crippen molar-refractivity contribution in [2.75, 3.05) is 38.0 Å². The predicted molar refractivity (Wildman–Crippen MR) is 149 cm³/mol. The predicted octanol–water partition coefficient (Wildman–Crippen LogP) is 5.02. The summed E-state index contributed by atoms with van der Waals surface area (Å²) in [5, 5.41) is 5.15. The number of hydrogen-bond acceptors (Lipinski definition) is 4. The van der Waals surface area contributed by atoms with Crippen LogP contribution >= 0.6 is 0 Å². The SMILES string of the molecule is CCN(CC)CCn1c(NC(=O)C2CCN(C(=O)c3cccc4ccccc34)CC2)nc2ccccc21. The van der Waals surface area contributed by atoms with E-state index in [1.807, 2.05) is 65.6 Å². The van der Waals surface area contributed by atoms with E-state index in [4.69, 9.17) is 4.98 Å². The Hall–Kier alpha value is -3.71. The zero-order chi connectivity index (χ0) is 25.8. The third-order valence-electron chi connectivity index (χ3n) is 7.60. The molecule has 0 unspecified atom stereocenters. The van der Waals surface area contributed by atoms with Gasteiger partial charge in [-0.1, -0.05) is 62.4 Å². The number of hydrogen-bond donors (Lipinski definition) is 1. The number of nitrogens with zero attached hydrogens (tertiary/aromatic N) is 4. The first kappa shape index (κ1) is 25.0. The van der Waals surface area contributed by atoms with Gasteiger partial charge in [-0.3, -0.25) is 14.9 Å². The van der Waals surface area contributed by atoms with Crippen molar-refractivity contribution in [2.24, 2.45) is 5.92 Å². The van der Waals surface area contributed by atoms with Gasteiger partial charge in [0.15, 0.2) is 0 Å². The molecule has 37 heavy (non-hydrogen) atoms. The third kappa shape index (κ3) is 5.23. The number of likely N-dealkylation sites (N-methyl/N-ethyl adjacent to an activating group) is 1. The second-order valence-electron chi connectivity index (χ2n) is 9.69. The summed E-state index contributed by atoms with van der Waals surface area (Å²) in [6, 6.07) is 21.8. The molecule has 1 aromatic heterocycles. The number of carbonyl (C=O) groups excluding carboxylic acids is 2. The molecule has 1 fully saturated rings. The van der Waals surface area contributed by atoms with Crippen LogP contribution in [0, 0.1) is 5.92 Å². The van der Waals surface area contributed by atoms with Crippen LogP contribution in [-0.4, -0.2) is 63.9 Å². The van der Waals surface area contributed by atoms with E-state index < -0.39 is 0 Å². The molecule has 0 atom stereocenters. The number of likely N-dealkylation sites (tertiary alicyclic amines) is 1. The molecule has 0 spiro atoms. The van der Waals surface area contributed by atoms with Crippen LogP contribution in [-0.2, 0) is 11.3 Å². The first-order valence-electron chi connectivity index (χ1n) is 13.3. The van der Waals surface area contributed by atoms with Gasteiger partial charge in [0.05, 0.1) is 11.0 Å². The normalized spacial score (nSPS) is 14.5. The molecule has 2 amide bonds. The Bertz CT molecular complexity index is 1390. The molecule has 4 aromatic rings. The molecule has 0 saturated carbocycles. The topological polar surface area (TPSA) is 70.5 Å². The minimum absolute atomic E-state index is 0.0170. The highest BCUT2D eigenvalue weighted by molar-refractivity contribution is 6.07. The fourth-order valence-electron chi connectivity index (χ4n) is 5.32. The molecule has 1 saturated heterocycles. The highest BCUT2D eigenvalue weighted by Gasteiger charge is 2.29.